The lowest BCUT2D eigenvalue weighted by Crippen LogP contribution is -2.54. The van der Waals surface area contributed by atoms with Crippen molar-refractivity contribution >= 4 is 17.6 Å². The quantitative estimate of drug-likeness (QED) is 0.286. The smallest absolute Gasteiger partial charge is 0.295 e. The van der Waals surface area contributed by atoms with Crippen LogP contribution < -0.4 is 20.9 Å². The van der Waals surface area contributed by atoms with Gasteiger partial charge >= 0.3 is 0 Å². The van der Waals surface area contributed by atoms with Crippen molar-refractivity contribution in [3.8, 4) is 22.8 Å². The van der Waals surface area contributed by atoms with Gasteiger partial charge in [-0.1, -0.05) is 30.1 Å². The Kier molecular flexibility index (Phi) is 7.95. The first-order chi connectivity index (χ1) is 20.1. The van der Waals surface area contributed by atoms with Crippen LogP contribution in [0.3, 0.4) is 0 Å². The maximum absolute atomic E-state index is 12.0. The van der Waals surface area contributed by atoms with Crippen LogP contribution in [0.5, 0.6) is 0 Å². The van der Waals surface area contributed by atoms with Gasteiger partial charge in [0.05, 0.1) is 18.1 Å². The summed E-state index contributed by atoms with van der Waals surface area (Å²) in [5, 5.41) is 14.2. The molecule has 0 spiro atoms. The number of hydrogen-bond donors (Lipinski definition) is 3. The number of nitrogens with zero attached hydrogens (tertiary/aromatic N) is 5. The summed E-state index contributed by atoms with van der Waals surface area (Å²) < 4.78 is 11.2. The number of rotatable bonds is 8. The van der Waals surface area contributed by atoms with Gasteiger partial charge in [-0.3, -0.25) is 9.78 Å². The molecular formula is C30H36N8O3. The Balaban J connectivity index is 1.08. The van der Waals surface area contributed by atoms with Crippen molar-refractivity contribution in [2.24, 2.45) is 0 Å². The molecule has 0 bridgehead atoms. The molecule has 3 atom stereocenters. The molecule has 6 rings (SSSR count). The third kappa shape index (κ3) is 6.25. The second-order valence-electron chi connectivity index (χ2n) is 10.8. The van der Waals surface area contributed by atoms with E-state index < -0.39 is 0 Å². The molecular weight excluding hydrogens is 520 g/mol. The fraction of sp³-hybridized carbons (Fsp3) is 0.433. The number of oxazole rings is 1. The van der Waals surface area contributed by atoms with E-state index in [9.17, 15) is 4.79 Å². The van der Waals surface area contributed by atoms with E-state index in [1.165, 1.54) is 12.8 Å². The molecule has 4 aromatic rings. The Bertz CT molecular complexity index is 1470. The maximum Gasteiger partial charge on any atom is 0.295 e. The molecule has 3 unspecified atom stereocenters. The molecule has 3 aromatic heterocycles. The Morgan fingerprint density at radius 3 is 2.68 bits per heavy atom. The molecule has 11 nitrogen and oxygen atoms in total. The zero-order valence-corrected chi connectivity index (χ0v) is 23.5. The van der Waals surface area contributed by atoms with Gasteiger partial charge in [-0.05, 0) is 49.9 Å². The largest absolute Gasteiger partial charge is 0.424 e. The third-order valence-corrected chi connectivity index (χ3v) is 7.96. The van der Waals surface area contributed by atoms with Gasteiger partial charge < -0.3 is 29.8 Å². The van der Waals surface area contributed by atoms with E-state index in [1.54, 1.807) is 26.2 Å². The van der Waals surface area contributed by atoms with Crippen molar-refractivity contribution in [1.82, 2.24) is 30.7 Å². The molecule has 1 aliphatic carbocycles. The van der Waals surface area contributed by atoms with Crippen LogP contribution in [0, 0.1) is 6.92 Å². The van der Waals surface area contributed by atoms with Crippen LogP contribution in [0.1, 0.15) is 54.8 Å². The van der Waals surface area contributed by atoms with Gasteiger partial charge in [0, 0.05) is 56.3 Å². The van der Waals surface area contributed by atoms with E-state index >= 15 is 0 Å². The van der Waals surface area contributed by atoms with Crippen LogP contribution in [-0.4, -0.2) is 64.3 Å². The molecule has 1 saturated carbocycles. The fourth-order valence-electron chi connectivity index (χ4n) is 5.85. The van der Waals surface area contributed by atoms with Gasteiger partial charge in [-0.15, -0.1) is 0 Å². The summed E-state index contributed by atoms with van der Waals surface area (Å²) in [6.45, 7) is 3.71. The number of carbonyl (C=O) groups excluding carboxylic acids is 1. The average molecular weight is 557 g/mol. The van der Waals surface area contributed by atoms with E-state index in [0.29, 0.717) is 46.8 Å². The van der Waals surface area contributed by atoms with Crippen LogP contribution in [0.2, 0.25) is 0 Å². The van der Waals surface area contributed by atoms with Gasteiger partial charge in [-0.2, -0.15) is 4.98 Å². The highest BCUT2D eigenvalue weighted by atomic mass is 16.5. The molecule has 0 radical (unpaired) electrons. The maximum atomic E-state index is 12.0. The summed E-state index contributed by atoms with van der Waals surface area (Å²) in [7, 11) is 1.62. The third-order valence-electron chi connectivity index (χ3n) is 7.96. The Hall–Kier alpha value is -4.25. The summed E-state index contributed by atoms with van der Waals surface area (Å²) in [5.74, 6) is 1.55. The summed E-state index contributed by atoms with van der Waals surface area (Å²) in [4.78, 5) is 27.8. The second kappa shape index (κ2) is 12.1. The zero-order chi connectivity index (χ0) is 28.2. The van der Waals surface area contributed by atoms with Crippen molar-refractivity contribution in [1.29, 1.82) is 0 Å². The van der Waals surface area contributed by atoms with E-state index in [4.69, 9.17) is 8.94 Å². The average Bonchev–Trinajstić information content (AvgIpc) is 3.67. The molecule has 11 heteroatoms. The molecule has 41 heavy (non-hydrogen) atoms. The highest BCUT2D eigenvalue weighted by Crippen LogP contribution is 2.28. The monoisotopic (exact) mass is 556 g/mol. The van der Waals surface area contributed by atoms with Gasteiger partial charge in [0.2, 0.25) is 11.7 Å². The molecule has 2 fully saturated rings. The molecule has 4 heterocycles. The second-order valence-corrected chi connectivity index (χ2v) is 10.8. The number of carbonyl (C=O) groups is 1. The lowest BCUT2D eigenvalue weighted by Gasteiger charge is -2.40. The lowest BCUT2D eigenvalue weighted by molar-refractivity contribution is 0.0963. The van der Waals surface area contributed by atoms with E-state index in [2.05, 4.69) is 47.0 Å². The molecule has 1 aromatic carbocycles. The molecule has 2 aliphatic rings. The Morgan fingerprint density at radius 1 is 1.02 bits per heavy atom. The molecule has 214 valence electrons. The number of anilines is 2. The van der Waals surface area contributed by atoms with Gasteiger partial charge in [0.15, 0.2) is 5.76 Å². The summed E-state index contributed by atoms with van der Waals surface area (Å²) in [6.07, 6.45) is 10.4. The normalized spacial score (nSPS) is 21.0. The number of aryl methyl sites for hydroxylation is 1. The first-order valence-corrected chi connectivity index (χ1v) is 14.4. The fourth-order valence-corrected chi connectivity index (χ4v) is 5.85. The van der Waals surface area contributed by atoms with Crippen molar-refractivity contribution in [3.05, 3.63) is 60.2 Å². The minimum Gasteiger partial charge on any atom is -0.424 e. The number of aromatic nitrogens is 4. The first kappa shape index (κ1) is 26.9. The summed E-state index contributed by atoms with van der Waals surface area (Å²) in [5.41, 5.74) is 3.22. The van der Waals surface area contributed by atoms with Crippen molar-refractivity contribution in [2.45, 2.75) is 63.6 Å². The van der Waals surface area contributed by atoms with Crippen molar-refractivity contribution in [3.63, 3.8) is 0 Å². The van der Waals surface area contributed by atoms with E-state index in [0.717, 1.165) is 50.0 Å². The van der Waals surface area contributed by atoms with Crippen molar-refractivity contribution in [2.75, 3.05) is 30.4 Å². The molecule has 1 saturated heterocycles. The predicted octanol–water partition coefficient (Wildman–Crippen LogP) is 4.44. The lowest BCUT2D eigenvalue weighted by atomic mass is 9.89. The van der Waals surface area contributed by atoms with Gasteiger partial charge in [-0.25, -0.2) is 4.98 Å². The summed E-state index contributed by atoms with van der Waals surface area (Å²) in [6, 6.07) is 12.9. The SMILES string of the molecule is CNC(=O)c1cccc(-c2cnc(NC3CCCCC3NC3CCCN(c4ccc(-c5noc(C)n5)nc4)C3)o2)c1. The number of nitrogens with one attached hydrogen (secondary N) is 3. The van der Waals surface area contributed by atoms with Crippen LogP contribution in [0.15, 0.2) is 57.7 Å². The van der Waals surface area contributed by atoms with Crippen LogP contribution in [-0.2, 0) is 0 Å². The number of hydrogen-bond acceptors (Lipinski definition) is 10. The Morgan fingerprint density at radius 2 is 1.90 bits per heavy atom. The van der Waals surface area contributed by atoms with Gasteiger partial charge in [0.1, 0.15) is 5.69 Å². The molecule has 1 amide bonds. The van der Waals surface area contributed by atoms with Gasteiger partial charge in [0.25, 0.3) is 11.9 Å². The van der Waals surface area contributed by atoms with Crippen LogP contribution in [0.4, 0.5) is 11.7 Å². The van der Waals surface area contributed by atoms with Crippen molar-refractivity contribution < 1.29 is 13.7 Å². The number of pyridine rings is 1. The first-order valence-electron chi connectivity index (χ1n) is 14.4. The zero-order valence-electron chi connectivity index (χ0n) is 23.5. The minimum atomic E-state index is -0.130. The van der Waals surface area contributed by atoms with E-state index in [-0.39, 0.29) is 11.9 Å². The van der Waals surface area contributed by atoms with Crippen LogP contribution in [0.25, 0.3) is 22.8 Å². The van der Waals surface area contributed by atoms with Crippen LogP contribution >= 0.6 is 0 Å². The minimum absolute atomic E-state index is 0.130. The van der Waals surface area contributed by atoms with E-state index in [1.807, 2.05) is 30.5 Å². The standard InChI is InChI=1S/C30H36N8O3/c1-19-34-28(37-41-19)26-13-12-23(16-32-26)38-14-6-9-22(18-38)35-24-10-3-4-11-25(24)36-30-33-17-27(40-30)20-7-5-8-21(15-20)29(39)31-2/h5,7-8,12-13,15-17,22,24-25,35H,3-4,6,9-11,14,18H2,1-2H3,(H,31,39)(H,33,36). The molecule has 3 N–H and O–H groups in total. The predicted molar refractivity (Wildman–Crippen MR) is 156 cm³/mol. The number of piperidine rings is 1. The topological polar surface area (TPSA) is 134 Å². The highest BCUT2D eigenvalue weighted by Gasteiger charge is 2.30. The Labute approximate surface area is 239 Å². The highest BCUT2D eigenvalue weighted by molar-refractivity contribution is 5.95. The molecule has 1 aliphatic heterocycles. The number of amides is 1. The summed E-state index contributed by atoms with van der Waals surface area (Å²) >= 11 is 0. The number of benzene rings is 1.